The third-order valence-corrected chi connectivity index (χ3v) is 16.7. The summed E-state index contributed by atoms with van der Waals surface area (Å²) in [6.07, 6.45) is 8.74. The first kappa shape index (κ1) is 38.9. The van der Waals surface area contributed by atoms with Crippen LogP contribution >= 0.6 is 0 Å². The molecule has 0 aromatic heterocycles. The number of carboxylic acids is 1. The lowest BCUT2D eigenvalue weighted by atomic mass is 9.33. The zero-order valence-corrected chi connectivity index (χ0v) is 33.7. The van der Waals surface area contributed by atoms with E-state index in [0.29, 0.717) is 30.7 Å². The van der Waals surface area contributed by atoms with E-state index < -0.39 is 28.9 Å². The number of aliphatic carboxylic acids is 1. The molecule has 1 aliphatic heterocycles. The van der Waals surface area contributed by atoms with E-state index in [9.17, 15) is 24.6 Å². The van der Waals surface area contributed by atoms with Crippen molar-refractivity contribution in [2.45, 2.75) is 145 Å². The predicted molar refractivity (Wildman–Crippen MR) is 200 cm³/mol. The van der Waals surface area contributed by atoms with Gasteiger partial charge in [-0.2, -0.15) is 0 Å². The third-order valence-electron chi connectivity index (χ3n) is 16.7. The Kier molecular flexibility index (Phi) is 10.1. The van der Waals surface area contributed by atoms with Crippen LogP contribution in [0.5, 0.6) is 0 Å². The fourth-order valence-electron chi connectivity index (χ4n) is 13.6. The fraction of sp³-hybridized carbons (Fsp3) is 0.884. The summed E-state index contributed by atoms with van der Waals surface area (Å²) in [5, 5.41) is 22.0. The number of rotatable bonds is 8. The van der Waals surface area contributed by atoms with Crippen molar-refractivity contribution < 1.29 is 29.3 Å². The topological polar surface area (TPSA) is 107 Å². The standard InChI is InChI=1S/C43H70N2O6/c1-27(2)35-29(46)24-43(32(47)26-45-21-11-20-44(10)22-23-45)19-18-41(8)28(36(35)43)12-13-31-40(7)16-15-33(51-34(48)25-38(3,4)37(49)50)39(5,6)30(40)14-17-42(31,41)9/h27-28,30-33,47H,11-26H2,1-10H3,(H,49,50)/t28-,30+,31-,32?,33+,40+,41-,42-,43?/m1/s1. The number of ketones is 1. The first-order chi connectivity index (χ1) is 23.6. The van der Waals surface area contributed by atoms with E-state index in [-0.39, 0.29) is 45.9 Å². The van der Waals surface area contributed by atoms with Crippen LogP contribution in [0.1, 0.15) is 133 Å². The Morgan fingerprint density at radius 3 is 2.27 bits per heavy atom. The van der Waals surface area contributed by atoms with E-state index in [2.05, 4.69) is 65.3 Å². The van der Waals surface area contributed by atoms with Gasteiger partial charge in [0.25, 0.3) is 0 Å². The maximum Gasteiger partial charge on any atom is 0.309 e. The number of hydrogen-bond acceptors (Lipinski definition) is 7. The van der Waals surface area contributed by atoms with E-state index in [4.69, 9.17) is 4.74 Å². The van der Waals surface area contributed by atoms with E-state index in [1.165, 1.54) is 5.57 Å². The van der Waals surface area contributed by atoms with Crippen LogP contribution in [0.4, 0.5) is 0 Å². The minimum Gasteiger partial charge on any atom is -0.481 e. The summed E-state index contributed by atoms with van der Waals surface area (Å²) in [5.41, 5.74) is 0.741. The molecule has 4 saturated carbocycles. The highest BCUT2D eigenvalue weighted by Gasteiger charge is 2.70. The number of ether oxygens (including phenoxy) is 1. The number of aliphatic hydroxyl groups excluding tert-OH is 1. The number of Topliss-reactive ketones (excluding diaryl/α,β-unsaturated/α-hetero) is 1. The number of carbonyl (C=O) groups is 3. The summed E-state index contributed by atoms with van der Waals surface area (Å²) in [6, 6.07) is 0. The number of nitrogens with zero attached hydrogens (tertiary/aromatic N) is 2. The molecule has 288 valence electrons. The second-order valence-electron chi connectivity index (χ2n) is 20.5. The fourth-order valence-corrected chi connectivity index (χ4v) is 13.6. The van der Waals surface area contributed by atoms with E-state index in [1.807, 2.05) is 0 Å². The lowest BCUT2D eigenvalue weighted by Gasteiger charge is -2.72. The van der Waals surface area contributed by atoms with Gasteiger partial charge in [0.15, 0.2) is 5.78 Å². The number of esters is 1. The van der Waals surface area contributed by atoms with Gasteiger partial charge in [0.05, 0.1) is 17.9 Å². The van der Waals surface area contributed by atoms with Gasteiger partial charge in [0.2, 0.25) is 0 Å². The van der Waals surface area contributed by atoms with E-state index in [0.717, 1.165) is 89.5 Å². The van der Waals surface area contributed by atoms with Crippen molar-refractivity contribution in [1.29, 1.82) is 0 Å². The number of likely N-dealkylation sites (N-methyl/N-ethyl adjacent to an activating group) is 1. The maximum atomic E-state index is 14.1. The Bertz CT molecular complexity index is 1430. The van der Waals surface area contributed by atoms with Crippen molar-refractivity contribution in [3.05, 3.63) is 11.1 Å². The maximum absolute atomic E-state index is 14.1. The second-order valence-corrected chi connectivity index (χ2v) is 20.5. The number of β-amino-alcohol motifs (C(OH)–C–C–N with tert-alkyl or cyclic N) is 1. The summed E-state index contributed by atoms with van der Waals surface area (Å²) in [6.45, 7) is 24.5. The summed E-state index contributed by atoms with van der Waals surface area (Å²) >= 11 is 0. The van der Waals surface area contributed by atoms with Gasteiger partial charge in [0, 0.05) is 36.9 Å². The number of carboxylic acid groups (broad SMARTS) is 1. The molecule has 0 spiro atoms. The van der Waals surface area contributed by atoms with Crippen LogP contribution in [0, 0.1) is 56.2 Å². The summed E-state index contributed by atoms with van der Waals surface area (Å²) in [5.74, 6) is 0.233. The zero-order valence-electron chi connectivity index (χ0n) is 33.7. The van der Waals surface area contributed by atoms with Crippen LogP contribution in [-0.4, -0.2) is 89.7 Å². The average molecular weight is 711 g/mol. The molecule has 0 aromatic carbocycles. The summed E-state index contributed by atoms with van der Waals surface area (Å²) in [4.78, 5) is 43.8. The largest absolute Gasteiger partial charge is 0.481 e. The molecule has 51 heavy (non-hydrogen) atoms. The molecular formula is C43H70N2O6. The molecule has 1 saturated heterocycles. The minimum absolute atomic E-state index is 0.0222. The SMILES string of the molecule is CC(C)C1=C2[C@H]3CC[C@@H]4[C@@]5(C)CC[C@H](OC(=O)CC(C)(C)C(=O)O)C(C)(C)[C@@H]5CC[C@@]4(C)[C@]3(C)CCC2(C(O)CN2CCCN(C)CC2)CC1=O. The molecule has 9 atom stereocenters. The monoisotopic (exact) mass is 711 g/mol. The quantitative estimate of drug-likeness (QED) is 0.252. The van der Waals surface area contributed by atoms with Crippen LogP contribution in [0.25, 0.3) is 0 Å². The molecule has 6 aliphatic rings. The van der Waals surface area contributed by atoms with Crippen LogP contribution in [0.15, 0.2) is 11.1 Å². The molecule has 0 aromatic rings. The highest BCUT2D eigenvalue weighted by atomic mass is 16.5. The van der Waals surface area contributed by atoms with E-state index in [1.54, 1.807) is 13.8 Å². The van der Waals surface area contributed by atoms with Crippen molar-refractivity contribution in [3.63, 3.8) is 0 Å². The van der Waals surface area contributed by atoms with E-state index >= 15 is 0 Å². The molecule has 0 radical (unpaired) electrons. The van der Waals surface area contributed by atoms with Gasteiger partial charge in [0.1, 0.15) is 6.10 Å². The molecule has 5 aliphatic carbocycles. The first-order valence-electron chi connectivity index (χ1n) is 20.4. The van der Waals surface area contributed by atoms with Crippen LogP contribution in [0.3, 0.4) is 0 Å². The summed E-state index contributed by atoms with van der Waals surface area (Å²) in [7, 11) is 2.18. The van der Waals surface area contributed by atoms with Crippen molar-refractivity contribution in [1.82, 2.24) is 9.80 Å². The number of fused-ring (bicyclic) bond motifs is 7. The second kappa shape index (κ2) is 13.2. The molecule has 8 nitrogen and oxygen atoms in total. The van der Waals surface area contributed by atoms with Crippen molar-refractivity contribution >= 4 is 17.7 Å². The zero-order chi connectivity index (χ0) is 37.5. The predicted octanol–water partition coefficient (Wildman–Crippen LogP) is 7.38. The van der Waals surface area contributed by atoms with Gasteiger partial charge >= 0.3 is 11.9 Å². The Morgan fingerprint density at radius 2 is 1.61 bits per heavy atom. The first-order valence-corrected chi connectivity index (χ1v) is 20.4. The Labute approximate surface area is 308 Å². The van der Waals surface area contributed by atoms with Gasteiger partial charge < -0.3 is 19.8 Å². The van der Waals surface area contributed by atoms with Gasteiger partial charge in [-0.25, -0.2) is 0 Å². The lowest BCUT2D eigenvalue weighted by Crippen LogP contribution is -2.66. The van der Waals surface area contributed by atoms with Crippen LogP contribution in [-0.2, 0) is 19.1 Å². The average Bonchev–Trinajstić information content (AvgIpc) is 3.19. The number of allylic oxidation sites excluding steroid dienone is 1. The Balaban J connectivity index is 1.28. The molecule has 0 bridgehead atoms. The lowest BCUT2D eigenvalue weighted by molar-refractivity contribution is -0.235. The Hall–Kier alpha value is -1.77. The molecule has 0 amide bonds. The normalized spacial score (nSPS) is 40.9. The smallest absolute Gasteiger partial charge is 0.309 e. The molecular weight excluding hydrogens is 640 g/mol. The molecule has 5 fully saturated rings. The highest BCUT2D eigenvalue weighted by Crippen LogP contribution is 2.77. The molecule has 6 rings (SSSR count). The highest BCUT2D eigenvalue weighted by molar-refractivity contribution is 6.00. The molecule has 1 heterocycles. The van der Waals surface area contributed by atoms with Crippen LogP contribution in [0.2, 0.25) is 0 Å². The minimum atomic E-state index is -1.16. The van der Waals surface area contributed by atoms with Crippen molar-refractivity contribution in [3.8, 4) is 0 Å². The van der Waals surface area contributed by atoms with Gasteiger partial charge in [-0.15, -0.1) is 0 Å². The number of hydrogen-bond donors (Lipinski definition) is 2. The van der Waals surface area contributed by atoms with Gasteiger partial charge in [-0.1, -0.05) is 54.0 Å². The van der Waals surface area contributed by atoms with Gasteiger partial charge in [-0.3, -0.25) is 19.3 Å². The number of carbonyl (C=O) groups excluding carboxylic acids is 2. The molecule has 8 heteroatoms. The third kappa shape index (κ3) is 6.08. The number of aliphatic hydroxyl groups is 1. The summed E-state index contributed by atoms with van der Waals surface area (Å²) < 4.78 is 6.18. The molecule has 2 N–H and O–H groups in total. The molecule has 2 unspecified atom stereocenters. The van der Waals surface area contributed by atoms with Gasteiger partial charge in [-0.05, 0) is 137 Å². The van der Waals surface area contributed by atoms with Crippen LogP contribution < -0.4 is 0 Å². The Morgan fingerprint density at radius 1 is 0.902 bits per heavy atom. The van der Waals surface area contributed by atoms with Crippen molar-refractivity contribution in [2.24, 2.45) is 56.2 Å². The van der Waals surface area contributed by atoms with Crippen molar-refractivity contribution in [2.75, 3.05) is 39.8 Å².